The van der Waals surface area contributed by atoms with E-state index < -0.39 is 5.97 Å². The van der Waals surface area contributed by atoms with Crippen LogP contribution in [0.25, 0.3) is 11.1 Å². The van der Waals surface area contributed by atoms with Crippen molar-refractivity contribution in [3.8, 4) is 22.6 Å². The van der Waals surface area contributed by atoms with Gasteiger partial charge >= 0.3 is 5.97 Å². The second-order valence-corrected chi connectivity index (χ2v) is 3.99. The van der Waals surface area contributed by atoms with Crippen LogP contribution < -0.4 is 15.2 Å². The highest BCUT2D eigenvalue weighted by atomic mass is 16.7. The first kappa shape index (κ1) is 11.3. The quantitative estimate of drug-likeness (QED) is 0.852. The first-order valence-electron chi connectivity index (χ1n) is 5.54. The number of ether oxygens (including phenoxy) is 2. The van der Waals surface area contributed by atoms with Crippen molar-refractivity contribution in [3.05, 3.63) is 36.0 Å². The zero-order valence-electron chi connectivity index (χ0n) is 9.79. The minimum Gasteiger partial charge on any atom is -0.478 e. The Morgan fingerprint density at radius 1 is 1.26 bits per heavy atom. The molecule has 0 bridgehead atoms. The molecule has 0 aliphatic carbocycles. The third-order valence-corrected chi connectivity index (χ3v) is 2.88. The van der Waals surface area contributed by atoms with Gasteiger partial charge in [-0.15, -0.1) is 0 Å². The third-order valence-electron chi connectivity index (χ3n) is 2.88. The Hall–Kier alpha value is -2.76. The largest absolute Gasteiger partial charge is 0.478 e. The van der Waals surface area contributed by atoms with E-state index >= 15 is 0 Å². The molecule has 0 amide bonds. The summed E-state index contributed by atoms with van der Waals surface area (Å²) in [6.45, 7) is 0.170. The van der Waals surface area contributed by atoms with Gasteiger partial charge in [0, 0.05) is 11.8 Å². The maximum atomic E-state index is 11.3. The molecule has 0 saturated heterocycles. The van der Waals surface area contributed by atoms with Gasteiger partial charge in [-0.25, -0.2) is 9.78 Å². The summed E-state index contributed by atoms with van der Waals surface area (Å²) in [7, 11) is 0. The van der Waals surface area contributed by atoms with E-state index in [2.05, 4.69) is 4.98 Å². The molecule has 1 aliphatic rings. The van der Waals surface area contributed by atoms with E-state index in [0.29, 0.717) is 22.6 Å². The van der Waals surface area contributed by atoms with Crippen LogP contribution in [0.4, 0.5) is 5.82 Å². The number of hydrogen-bond donors (Lipinski definition) is 2. The van der Waals surface area contributed by atoms with Crippen LogP contribution in [0.2, 0.25) is 0 Å². The van der Waals surface area contributed by atoms with Crippen LogP contribution in [-0.4, -0.2) is 22.9 Å². The van der Waals surface area contributed by atoms with Crippen molar-refractivity contribution in [2.24, 2.45) is 0 Å². The van der Waals surface area contributed by atoms with Crippen LogP contribution in [0.3, 0.4) is 0 Å². The highest BCUT2D eigenvalue weighted by molar-refractivity contribution is 6.00. The molecular formula is C13H10N2O4. The molecule has 0 atom stereocenters. The monoisotopic (exact) mass is 258 g/mol. The van der Waals surface area contributed by atoms with E-state index in [4.69, 9.17) is 15.2 Å². The number of carboxylic acids is 1. The maximum absolute atomic E-state index is 11.3. The van der Waals surface area contributed by atoms with Crippen molar-refractivity contribution in [1.29, 1.82) is 0 Å². The smallest absolute Gasteiger partial charge is 0.340 e. The van der Waals surface area contributed by atoms with Gasteiger partial charge in [0.15, 0.2) is 11.5 Å². The van der Waals surface area contributed by atoms with Gasteiger partial charge in [-0.05, 0) is 23.8 Å². The number of hydrogen-bond acceptors (Lipinski definition) is 5. The summed E-state index contributed by atoms with van der Waals surface area (Å²) in [6.07, 6.45) is 1.47. The zero-order valence-corrected chi connectivity index (χ0v) is 9.79. The Bertz CT molecular complexity index is 670. The molecule has 3 N–H and O–H groups in total. The number of pyridine rings is 1. The summed E-state index contributed by atoms with van der Waals surface area (Å²) in [5.41, 5.74) is 6.80. The Labute approximate surface area is 108 Å². The van der Waals surface area contributed by atoms with Crippen LogP contribution in [0, 0.1) is 0 Å². The molecule has 0 fully saturated rings. The number of anilines is 1. The van der Waals surface area contributed by atoms with E-state index in [1.807, 2.05) is 0 Å². The molecule has 6 nitrogen and oxygen atoms in total. The van der Waals surface area contributed by atoms with Crippen LogP contribution in [-0.2, 0) is 0 Å². The zero-order chi connectivity index (χ0) is 13.4. The SMILES string of the molecule is Nc1nccc(-c2ccc3c(c2)OCO3)c1C(=O)O. The van der Waals surface area contributed by atoms with Gasteiger partial charge in [-0.2, -0.15) is 0 Å². The van der Waals surface area contributed by atoms with Crippen molar-refractivity contribution in [3.63, 3.8) is 0 Å². The molecule has 0 spiro atoms. The number of nitrogens with zero attached hydrogens (tertiary/aromatic N) is 1. The molecule has 2 heterocycles. The Balaban J connectivity index is 2.17. The lowest BCUT2D eigenvalue weighted by molar-refractivity contribution is 0.0698. The molecule has 1 aromatic heterocycles. The van der Waals surface area contributed by atoms with Crippen molar-refractivity contribution < 1.29 is 19.4 Å². The lowest BCUT2D eigenvalue weighted by atomic mass is 10.0. The van der Waals surface area contributed by atoms with Crippen LogP contribution >= 0.6 is 0 Å². The third kappa shape index (κ3) is 1.83. The number of nitrogen functional groups attached to an aromatic ring is 1. The predicted molar refractivity (Wildman–Crippen MR) is 67.2 cm³/mol. The summed E-state index contributed by atoms with van der Waals surface area (Å²) < 4.78 is 10.5. The molecule has 19 heavy (non-hydrogen) atoms. The summed E-state index contributed by atoms with van der Waals surface area (Å²) in [4.78, 5) is 15.1. The lowest BCUT2D eigenvalue weighted by Crippen LogP contribution is -2.06. The summed E-state index contributed by atoms with van der Waals surface area (Å²) >= 11 is 0. The average Bonchev–Trinajstić information content (AvgIpc) is 2.85. The van der Waals surface area contributed by atoms with Crippen molar-refractivity contribution in [2.45, 2.75) is 0 Å². The highest BCUT2D eigenvalue weighted by Gasteiger charge is 2.19. The minimum absolute atomic E-state index is 0.0114. The lowest BCUT2D eigenvalue weighted by Gasteiger charge is -2.08. The Morgan fingerprint density at radius 2 is 2.05 bits per heavy atom. The fourth-order valence-electron chi connectivity index (χ4n) is 2.01. The second kappa shape index (κ2) is 4.16. The van der Waals surface area contributed by atoms with E-state index in [-0.39, 0.29) is 18.2 Å². The number of fused-ring (bicyclic) bond motifs is 1. The van der Waals surface area contributed by atoms with Crippen LogP contribution in [0.1, 0.15) is 10.4 Å². The van der Waals surface area contributed by atoms with Gasteiger partial charge < -0.3 is 20.3 Å². The van der Waals surface area contributed by atoms with Gasteiger partial charge in [0.1, 0.15) is 11.4 Å². The van der Waals surface area contributed by atoms with E-state index in [0.717, 1.165) is 0 Å². The number of benzene rings is 1. The number of rotatable bonds is 2. The second-order valence-electron chi connectivity index (χ2n) is 3.99. The molecule has 3 rings (SSSR count). The minimum atomic E-state index is -1.11. The molecule has 0 saturated carbocycles. The van der Waals surface area contributed by atoms with Gasteiger partial charge in [0.05, 0.1) is 0 Å². The van der Waals surface area contributed by atoms with Gasteiger partial charge in [-0.1, -0.05) is 6.07 Å². The molecule has 96 valence electrons. The normalized spacial score (nSPS) is 12.4. The van der Waals surface area contributed by atoms with Crippen molar-refractivity contribution in [2.75, 3.05) is 12.5 Å². The van der Waals surface area contributed by atoms with Crippen molar-refractivity contribution >= 4 is 11.8 Å². The van der Waals surface area contributed by atoms with Gasteiger partial charge in [0.25, 0.3) is 0 Å². The molecule has 0 unspecified atom stereocenters. The van der Waals surface area contributed by atoms with E-state index in [1.54, 1.807) is 24.3 Å². The van der Waals surface area contributed by atoms with Crippen molar-refractivity contribution in [1.82, 2.24) is 4.98 Å². The molecular weight excluding hydrogens is 248 g/mol. The van der Waals surface area contributed by atoms with Crippen LogP contribution in [0.15, 0.2) is 30.5 Å². The topological polar surface area (TPSA) is 94.7 Å². The predicted octanol–water partition coefficient (Wildman–Crippen LogP) is 1.76. The molecule has 6 heteroatoms. The van der Waals surface area contributed by atoms with Gasteiger partial charge in [-0.3, -0.25) is 0 Å². The maximum Gasteiger partial charge on any atom is 0.340 e. The number of aromatic nitrogens is 1. The summed E-state index contributed by atoms with van der Waals surface area (Å²) in [5, 5.41) is 9.23. The molecule has 1 aromatic carbocycles. The molecule has 2 aromatic rings. The Morgan fingerprint density at radius 3 is 2.84 bits per heavy atom. The molecule has 0 radical (unpaired) electrons. The fraction of sp³-hybridized carbons (Fsp3) is 0.0769. The molecule has 1 aliphatic heterocycles. The average molecular weight is 258 g/mol. The Kier molecular flexibility index (Phi) is 2.49. The first-order chi connectivity index (χ1) is 9.16. The standard InChI is InChI=1S/C13H10N2O4/c14-12-11(13(16)17)8(3-4-15-12)7-1-2-9-10(5-7)19-6-18-9/h1-5H,6H2,(H2,14,15)(H,16,17). The fourth-order valence-corrected chi connectivity index (χ4v) is 2.01. The number of carbonyl (C=O) groups is 1. The number of aromatic carboxylic acids is 1. The van der Waals surface area contributed by atoms with E-state index in [1.165, 1.54) is 6.20 Å². The number of carboxylic acid groups (broad SMARTS) is 1. The highest BCUT2D eigenvalue weighted by Crippen LogP contribution is 2.37. The van der Waals surface area contributed by atoms with Crippen LogP contribution in [0.5, 0.6) is 11.5 Å². The van der Waals surface area contributed by atoms with Gasteiger partial charge in [0.2, 0.25) is 6.79 Å². The van der Waals surface area contributed by atoms with E-state index in [9.17, 15) is 9.90 Å². The first-order valence-corrected chi connectivity index (χ1v) is 5.54. The summed E-state index contributed by atoms with van der Waals surface area (Å²) in [5.74, 6) is 0.104. The number of nitrogens with two attached hydrogens (primary N) is 1. The summed E-state index contributed by atoms with van der Waals surface area (Å²) in [6, 6.07) is 6.83.